The molecule has 1 fully saturated rings. The van der Waals surface area contributed by atoms with E-state index in [0.29, 0.717) is 11.6 Å². The van der Waals surface area contributed by atoms with Crippen LogP contribution in [0.4, 0.5) is 0 Å². The zero-order valence-corrected chi connectivity index (χ0v) is 13.1. The Hall–Kier alpha value is -0.880. The monoisotopic (exact) mass is 327 g/mol. The van der Waals surface area contributed by atoms with Crippen LogP contribution in [0.1, 0.15) is 18.4 Å². The Kier molecular flexibility index (Phi) is 3.86. The largest absolute Gasteiger partial charge is 0.243 e. The van der Waals surface area contributed by atoms with Gasteiger partial charge in [0.05, 0.1) is 4.90 Å². The van der Waals surface area contributed by atoms with E-state index in [1.807, 2.05) is 16.8 Å². The zero-order chi connectivity index (χ0) is 14.2. The zero-order valence-electron chi connectivity index (χ0n) is 10.7. The molecule has 0 bridgehead atoms. The Bertz CT molecular complexity index is 694. The number of rotatable bonds is 5. The van der Waals surface area contributed by atoms with E-state index in [-0.39, 0.29) is 10.9 Å². The van der Waals surface area contributed by atoms with Gasteiger partial charge in [0.15, 0.2) is 0 Å². The van der Waals surface area contributed by atoms with Gasteiger partial charge in [0.25, 0.3) is 0 Å². The van der Waals surface area contributed by atoms with Crippen molar-refractivity contribution in [3.63, 3.8) is 0 Å². The van der Waals surface area contributed by atoms with Gasteiger partial charge < -0.3 is 0 Å². The second-order valence-electron chi connectivity index (χ2n) is 4.87. The van der Waals surface area contributed by atoms with Crippen molar-refractivity contribution in [2.75, 3.05) is 0 Å². The molecule has 0 N–H and O–H groups in total. The molecular formula is C14H14ClNO2S2. The van der Waals surface area contributed by atoms with Gasteiger partial charge >= 0.3 is 0 Å². The van der Waals surface area contributed by atoms with Gasteiger partial charge in [0.2, 0.25) is 10.0 Å². The SMILES string of the molecule is O=S(=O)(c1cccc(Cl)c1)N(Cc1ccsc1)C1CC1. The van der Waals surface area contributed by atoms with E-state index in [9.17, 15) is 8.42 Å². The number of nitrogens with zero attached hydrogens (tertiary/aromatic N) is 1. The average Bonchev–Trinajstić information content (AvgIpc) is 3.12. The molecule has 106 valence electrons. The molecule has 1 aromatic carbocycles. The molecule has 1 aromatic heterocycles. The van der Waals surface area contributed by atoms with Crippen molar-refractivity contribution in [2.24, 2.45) is 0 Å². The van der Waals surface area contributed by atoms with Crippen molar-refractivity contribution in [3.8, 4) is 0 Å². The number of hydrogen-bond donors (Lipinski definition) is 0. The molecule has 6 heteroatoms. The van der Waals surface area contributed by atoms with Crippen LogP contribution in [0.15, 0.2) is 46.0 Å². The maximum atomic E-state index is 12.8. The summed E-state index contributed by atoms with van der Waals surface area (Å²) in [6.07, 6.45) is 1.87. The van der Waals surface area contributed by atoms with E-state index in [4.69, 9.17) is 11.6 Å². The number of sulfonamides is 1. The topological polar surface area (TPSA) is 37.4 Å². The maximum absolute atomic E-state index is 12.8. The van der Waals surface area contributed by atoms with Crippen LogP contribution in [0.25, 0.3) is 0 Å². The highest BCUT2D eigenvalue weighted by Gasteiger charge is 2.38. The summed E-state index contributed by atoms with van der Waals surface area (Å²) in [6, 6.07) is 8.56. The molecule has 0 unspecified atom stereocenters. The summed E-state index contributed by atoms with van der Waals surface area (Å²) < 4.78 is 27.1. The standard InChI is InChI=1S/C14H14ClNO2S2/c15-12-2-1-3-14(8-12)20(17,18)16(13-4-5-13)9-11-6-7-19-10-11/h1-3,6-8,10,13H,4-5,9H2. The van der Waals surface area contributed by atoms with Gasteiger partial charge in [0, 0.05) is 17.6 Å². The fourth-order valence-corrected chi connectivity index (χ4v) is 4.73. The molecule has 1 aliphatic carbocycles. The van der Waals surface area contributed by atoms with Gasteiger partial charge in [-0.3, -0.25) is 0 Å². The second kappa shape index (κ2) is 5.48. The minimum Gasteiger partial charge on any atom is -0.207 e. The van der Waals surface area contributed by atoms with Gasteiger partial charge in [-0.15, -0.1) is 0 Å². The van der Waals surface area contributed by atoms with E-state index in [0.717, 1.165) is 18.4 Å². The van der Waals surface area contributed by atoms with Gasteiger partial charge in [-0.1, -0.05) is 17.7 Å². The Labute approximate surface area is 127 Å². The van der Waals surface area contributed by atoms with Crippen molar-refractivity contribution < 1.29 is 8.42 Å². The number of hydrogen-bond acceptors (Lipinski definition) is 3. The Morgan fingerprint density at radius 1 is 1.30 bits per heavy atom. The van der Waals surface area contributed by atoms with Crippen molar-refractivity contribution in [2.45, 2.75) is 30.3 Å². The molecule has 0 saturated heterocycles. The lowest BCUT2D eigenvalue weighted by molar-refractivity contribution is 0.399. The quantitative estimate of drug-likeness (QED) is 0.838. The summed E-state index contributed by atoms with van der Waals surface area (Å²) in [5.74, 6) is 0. The molecule has 1 saturated carbocycles. The fraction of sp³-hybridized carbons (Fsp3) is 0.286. The first-order chi connectivity index (χ1) is 9.57. The first-order valence-corrected chi connectivity index (χ1v) is 9.12. The summed E-state index contributed by atoms with van der Waals surface area (Å²) in [5.41, 5.74) is 1.03. The number of thiophene rings is 1. The van der Waals surface area contributed by atoms with Crippen LogP contribution in [0, 0.1) is 0 Å². The van der Waals surface area contributed by atoms with Crippen LogP contribution in [-0.2, 0) is 16.6 Å². The molecule has 3 rings (SSSR count). The first kappa shape index (κ1) is 14.1. The Morgan fingerprint density at radius 2 is 2.10 bits per heavy atom. The van der Waals surface area contributed by atoms with Gasteiger partial charge in [-0.05, 0) is 53.4 Å². The molecule has 2 aromatic rings. The maximum Gasteiger partial charge on any atom is 0.243 e. The van der Waals surface area contributed by atoms with E-state index < -0.39 is 10.0 Å². The highest BCUT2D eigenvalue weighted by atomic mass is 35.5. The van der Waals surface area contributed by atoms with Crippen molar-refractivity contribution in [3.05, 3.63) is 51.7 Å². The molecule has 3 nitrogen and oxygen atoms in total. The molecule has 0 radical (unpaired) electrons. The molecule has 0 amide bonds. The lowest BCUT2D eigenvalue weighted by Gasteiger charge is -2.21. The van der Waals surface area contributed by atoms with Crippen molar-refractivity contribution >= 4 is 33.0 Å². The average molecular weight is 328 g/mol. The Morgan fingerprint density at radius 3 is 2.70 bits per heavy atom. The molecule has 1 aliphatic rings. The van der Waals surface area contributed by atoms with Crippen LogP contribution in [0.2, 0.25) is 5.02 Å². The molecule has 0 atom stereocenters. The van der Waals surface area contributed by atoms with Crippen molar-refractivity contribution in [1.82, 2.24) is 4.31 Å². The van der Waals surface area contributed by atoms with Gasteiger partial charge in [0.1, 0.15) is 0 Å². The second-order valence-corrected chi connectivity index (χ2v) is 7.98. The van der Waals surface area contributed by atoms with E-state index in [1.54, 1.807) is 33.8 Å². The smallest absolute Gasteiger partial charge is 0.207 e. The van der Waals surface area contributed by atoms with E-state index in [2.05, 4.69) is 0 Å². The summed E-state index contributed by atoms with van der Waals surface area (Å²) >= 11 is 7.49. The van der Waals surface area contributed by atoms with Crippen LogP contribution in [-0.4, -0.2) is 18.8 Å². The first-order valence-electron chi connectivity index (χ1n) is 6.36. The lowest BCUT2D eigenvalue weighted by Crippen LogP contribution is -2.32. The van der Waals surface area contributed by atoms with Gasteiger partial charge in [-0.25, -0.2) is 8.42 Å². The third kappa shape index (κ3) is 2.91. The lowest BCUT2D eigenvalue weighted by atomic mass is 10.3. The molecule has 1 heterocycles. The number of benzene rings is 1. The molecule has 0 aliphatic heterocycles. The predicted octanol–water partition coefficient (Wildman–Crippen LogP) is 3.75. The highest BCUT2D eigenvalue weighted by Crippen LogP contribution is 2.34. The van der Waals surface area contributed by atoms with Crippen LogP contribution in [0.5, 0.6) is 0 Å². The minimum atomic E-state index is -3.48. The van der Waals surface area contributed by atoms with Gasteiger partial charge in [-0.2, -0.15) is 15.6 Å². The fourth-order valence-electron chi connectivity index (χ4n) is 2.10. The summed E-state index contributed by atoms with van der Waals surface area (Å²) in [5, 5.41) is 4.40. The summed E-state index contributed by atoms with van der Waals surface area (Å²) in [7, 11) is -3.48. The minimum absolute atomic E-state index is 0.124. The summed E-state index contributed by atoms with van der Waals surface area (Å²) in [6.45, 7) is 0.434. The predicted molar refractivity (Wildman–Crippen MR) is 81.5 cm³/mol. The van der Waals surface area contributed by atoms with E-state index >= 15 is 0 Å². The third-order valence-electron chi connectivity index (χ3n) is 3.28. The van der Waals surface area contributed by atoms with Crippen molar-refractivity contribution in [1.29, 1.82) is 0 Å². The van der Waals surface area contributed by atoms with Crippen LogP contribution < -0.4 is 0 Å². The summed E-state index contributed by atoms with van der Waals surface area (Å²) in [4.78, 5) is 0.270. The number of halogens is 1. The highest BCUT2D eigenvalue weighted by molar-refractivity contribution is 7.89. The normalized spacial score (nSPS) is 15.7. The molecule has 0 spiro atoms. The molecular weight excluding hydrogens is 314 g/mol. The van der Waals surface area contributed by atoms with E-state index in [1.165, 1.54) is 6.07 Å². The third-order valence-corrected chi connectivity index (χ3v) is 6.14. The Balaban J connectivity index is 1.94. The van der Waals surface area contributed by atoms with Crippen LogP contribution >= 0.6 is 22.9 Å². The van der Waals surface area contributed by atoms with Crippen LogP contribution in [0.3, 0.4) is 0 Å². The molecule has 20 heavy (non-hydrogen) atoms.